The minimum Gasteiger partial charge on any atom is -0.441 e. The minimum absolute atomic E-state index is 0.414. The number of hydrogen-bond donors (Lipinski definition) is 3. The first-order valence-corrected chi connectivity index (χ1v) is 11.0. The number of aliphatic hydroxyl groups is 2. The predicted molar refractivity (Wildman–Crippen MR) is 123 cm³/mol. The standard InChI is InChI=1S/C26H28N2O3/c1-16(27)19-13-18-9-5-6-10-21(18)25-24(17-7-3-2-4-8-17)22-12-11-20(31-26(29)30)14-23(22)28(25)15-19/h5-6,9-12,14-15,17,26,29-30H,1-4,7-8,13,27H2. The van der Waals surface area contributed by atoms with Crippen molar-refractivity contribution in [2.75, 3.05) is 0 Å². The van der Waals surface area contributed by atoms with Gasteiger partial charge in [-0.25, -0.2) is 0 Å². The van der Waals surface area contributed by atoms with E-state index in [0.29, 0.717) is 17.4 Å². The second-order valence-electron chi connectivity index (χ2n) is 8.60. The van der Waals surface area contributed by atoms with Crippen LogP contribution < -0.4 is 10.5 Å². The van der Waals surface area contributed by atoms with Crippen LogP contribution in [-0.4, -0.2) is 21.3 Å². The fraction of sp³-hybridized carbons (Fsp3) is 0.308. The molecule has 3 aromatic rings. The number of nitrogens with zero attached hydrogens (tertiary/aromatic N) is 1. The molecule has 5 nitrogen and oxygen atoms in total. The van der Waals surface area contributed by atoms with Gasteiger partial charge in [0.2, 0.25) is 0 Å². The van der Waals surface area contributed by atoms with Crippen molar-refractivity contribution in [3.8, 4) is 17.0 Å². The Morgan fingerprint density at radius 3 is 2.61 bits per heavy atom. The molecule has 0 bridgehead atoms. The van der Waals surface area contributed by atoms with E-state index >= 15 is 0 Å². The Kier molecular flexibility index (Phi) is 5.08. The summed E-state index contributed by atoms with van der Waals surface area (Å²) in [5.74, 6) is 0.906. The zero-order chi connectivity index (χ0) is 21.5. The Morgan fingerprint density at radius 2 is 1.87 bits per heavy atom. The third-order valence-corrected chi connectivity index (χ3v) is 6.62. The van der Waals surface area contributed by atoms with Gasteiger partial charge >= 0.3 is 6.48 Å². The third kappa shape index (κ3) is 3.54. The molecule has 0 radical (unpaired) electrons. The van der Waals surface area contributed by atoms with Crippen molar-refractivity contribution in [1.82, 2.24) is 4.57 Å². The fourth-order valence-corrected chi connectivity index (χ4v) is 5.23. The van der Waals surface area contributed by atoms with Crippen molar-refractivity contribution in [3.05, 3.63) is 71.4 Å². The largest absolute Gasteiger partial charge is 0.441 e. The summed E-state index contributed by atoms with van der Waals surface area (Å²) in [6, 6.07) is 14.3. The molecule has 2 aliphatic rings. The van der Waals surface area contributed by atoms with Crippen LogP contribution in [0.25, 0.3) is 28.4 Å². The highest BCUT2D eigenvalue weighted by atomic mass is 16.7. The molecule has 2 aromatic carbocycles. The molecule has 4 N–H and O–H groups in total. The number of hydrogen-bond acceptors (Lipinski definition) is 4. The van der Waals surface area contributed by atoms with E-state index in [1.807, 2.05) is 18.2 Å². The SMILES string of the molecule is C=C(N)C1=Cn2c(c(C3CCCCC3)c3ccc(OC(O)O)cc32)-c2ccccc2C1. The maximum Gasteiger partial charge on any atom is 0.310 e. The van der Waals surface area contributed by atoms with Gasteiger partial charge in [-0.2, -0.15) is 0 Å². The summed E-state index contributed by atoms with van der Waals surface area (Å²) >= 11 is 0. The van der Waals surface area contributed by atoms with Gasteiger partial charge in [-0.15, -0.1) is 0 Å². The van der Waals surface area contributed by atoms with Crippen molar-refractivity contribution >= 4 is 17.1 Å². The second kappa shape index (κ2) is 7.91. The molecule has 5 heteroatoms. The first kappa shape index (κ1) is 19.9. The van der Waals surface area contributed by atoms with Crippen LogP contribution in [-0.2, 0) is 6.42 Å². The van der Waals surface area contributed by atoms with Crippen LogP contribution in [0.3, 0.4) is 0 Å². The summed E-state index contributed by atoms with van der Waals surface area (Å²) in [5, 5.41) is 19.8. The predicted octanol–water partition coefficient (Wildman–Crippen LogP) is 4.87. The Hall–Kier alpha value is -3.02. The van der Waals surface area contributed by atoms with Crippen molar-refractivity contribution in [2.45, 2.75) is 50.9 Å². The number of nitrogens with two attached hydrogens (primary N) is 1. The molecule has 0 unspecified atom stereocenters. The van der Waals surface area contributed by atoms with E-state index in [2.05, 4.69) is 41.6 Å². The van der Waals surface area contributed by atoms with E-state index in [1.54, 1.807) is 0 Å². The number of aromatic nitrogens is 1. The Morgan fingerprint density at radius 1 is 1.10 bits per heavy atom. The van der Waals surface area contributed by atoms with Gasteiger partial charge < -0.3 is 25.3 Å². The van der Waals surface area contributed by atoms with Gasteiger partial charge in [-0.3, -0.25) is 0 Å². The number of rotatable bonds is 4. The molecule has 5 rings (SSSR count). The molecule has 0 saturated heterocycles. The average molecular weight is 417 g/mol. The Bertz CT molecular complexity index is 1180. The lowest BCUT2D eigenvalue weighted by Crippen LogP contribution is -2.13. The third-order valence-electron chi connectivity index (χ3n) is 6.62. The lowest BCUT2D eigenvalue weighted by atomic mass is 9.81. The molecule has 2 heterocycles. The molecular formula is C26H28N2O3. The zero-order valence-corrected chi connectivity index (χ0v) is 17.6. The van der Waals surface area contributed by atoms with E-state index < -0.39 is 6.48 Å². The minimum atomic E-state index is -1.86. The molecule has 1 fully saturated rings. The van der Waals surface area contributed by atoms with Crippen LogP contribution in [0.15, 0.2) is 60.3 Å². The van der Waals surface area contributed by atoms with Crippen molar-refractivity contribution < 1.29 is 14.9 Å². The smallest absolute Gasteiger partial charge is 0.310 e. The van der Waals surface area contributed by atoms with Gasteiger partial charge in [0.15, 0.2) is 0 Å². The van der Waals surface area contributed by atoms with E-state index in [4.69, 9.17) is 10.5 Å². The summed E-state index contributed by atoms with van der Waals surface area (Å²) in [5.41, 5.74) is 13.7. The van der Waals surface area contributed by atoms with Gasteiger partial charge in [-0.05, 0) is 47.6 Å². The van der Waals surface area contributed by atoms with Crippen LogP contribution in [0, 0.1) is 0 Å². The molecule has 160 valence electrons. The monoisotopic (exact) mass is 416 g/mol. The van der Waals surface area contributed by atoms with Crippen LogP contribution in [0.5, 0.6) is 5.75 Å². The van der Waals surface area contributed by atoms with E-state index in [0.717, 1.165) is 17.5 Å². The lowest BCUT2D eigenvalue weighted by Gasteiger charge is -2.23. The van der Waals surface area contributed by atoms with Crippen LogP contribution in [0.1, 0.15) is 49.1 Å². The molecule has 0 amide bonds. The number of allylic oxidation sites excluding steroid dienone is 1. The van der Waals surface area contributed by atoms with Gasteiger partial charge in [-0.1, -0.05) is 50.1 Å². The molecule has 0 spiro atoms. The average Bonchev–Trinajstić information content (AvgIpc) is 2.96. The lowest BCUT2D eigenvalue weighted by molar-refractivity contribution is -0.179. The van der Waals surface area contributed by atoms with Crippen molar-refractivity contribution in [1.29, 1.82) is 0 Å². The Labute approximate surface area is 182 Å². The van der Waals surface area contributed by atoms with Crippen LogP contribution in [0.2, 0.25) is 0 Å². The normalized spacial score (nSPS) is 16.5. The summed E-state index contributed by atoms with van der Waals surface area (Å²) in [6.07, 6.45) is 8.97. The maximum absolute atomic E-state index is 9.30. The highest BCUT2D eigenvalue weighted by Gasteiger charge is 2.29. The number of benzene rings is 2. The first-order valence-electron chi connectivity index (χ1n) is 11.0. The molecule has 0 atom stereocenters. The van der Waals surface area contributed by atoms with Gasteiger partial charge in [0.1, 0.15) is 5.75 Å². The van der Waals surface area contributed by atoms with Crippen molar-refractivity contribution in [3.63, 3.8) is 0 Å². The summed E-state index contributed by atoms with van der Waals surface area (Å²) in [4.78, 5) is 0. The van der Waals surface area contributed by atoms with Gasteiger partial charge in [0.05, 0.1) is 11.2 Å². The van der Waals surface area contributed by atoms with Gasteiger partial charge in [0.25, 0.3) is 0 Å². The maximum atomic E-state index is 9.30. The second-order valence-corrected chi connectivity index (χ2v) is 8.60. The molecule has 31 heavy (non-hydrogen) atoms. The quantitative estimate of drug-likeness (QED) is 0.530. The molecule has 1 saturated carbocycles. The highest BCUT2D eigenvalue weighted by Crippen LogP contribution is 2.47. The fourth-order valence-electron chi connectivity index (χ4n) is 5.23. The summed E-state index contributed by atoms with van der Waals surface area (Å²) < 4.78 is 7.38. The number of ether oxygens (including phenoxy) is 1. The Balaban J connectivity index is 1.85. The van der Waals surface area contributed by atoms with E-state index in [9.17, 15) is 10.2 Å². The molecule has 1 aromatic heterocycles. The topological polar surface area (TPSA) is 80.6 Å². The summed E-state index contributed by atoms with van der Waals surface area (Å²) in [7, 11) is 0. The molecule has 1 aliphatic heterocycles. The zero-order valence-electron chi connectivity index (χ0n) is 17.6. The molecule has 1 aliphatic carbocycles. The number of fused-ring (bicyclic) bond motifs is 5. The van der Waals surface area contributed by atoms with E-state index in [-0.39, 0.29) is 0 Å². The van der Waals surface area contributed by atoms with Crippen LogP contribution in [0.4, 0.5) is 0 Å². The highest BCUT2D eigenvalue weighted by molar-refractivity contribution is 5.96. The van der Waals surface area contributed by atoms with Crippen molar-refractivity contribution in [2.24, 2.45) is 5.73 Å². The van der Waals surface area contributed by atoms with E-state index in [1.165, 1.54) is 59.9 Å². The molecular weight excluding hydrogens is 388 g/mol. The summed E-state index contributed by atoms with van der Waals surface area (Å²) in [6.45, 7) is 2.15. The van der Waals surface area contributed by atoms with Crippen LogP contribution >= 0.6 is 0 Å². The van der Waals surface area contributed by atoms with Gasteiger partial charge in [0, 0.05) is 35.3 Å². The first-order chi connectivity index (χ1) is 15.0. The number of aliphatic hydroxyl groups excluding tert-OH is 1.